The molecule has 118 valence electrons. The molecule has 0 aromatic heterocycles. The van der Waals surface area contributed by atoms with Crippen molar-refractivity contribution in [2.75, 3.05) is 46.8 Å². The normalized spacial score (nSPS) is 19.0. The molecule has 0 aliphatic carbocycles. The van der Waals surface area contributed by atoms with Gasteiger partial charge in [-0.15, -0.1) is 12.4 Å². The van der Waals surface area contributed by atoms with Crippen molar-refractivity contribution in [2.24, 2.45) is 0 Å². The highest BCUT2D eigenvalue weighted by molar-refractivity contribution is 5.85. The Morgan fingerprint density at radius 1 is 1.33 bits per heavy atom. The van der Waals surface area contributed by atoms with Gasteiger partial charge in [0.15, 0.2) is 11.5 Å². The SMILES string of the molecule is COc1cc([C@H](CF)N2CCNCC2)cc2c1OCO2.Cl. The average Bonchev–Trinajstić information content (AvgIpc) is 2.97. The van der Waals surface area contributed by atoms with E-state index in [1.165, 1.54) is 0 Å². The number of rotatable bonds is 4. The molecule has 0 radical (unpaired) electrons. The summed E-state index contributed by atoms with van der Waals surface area (Å²) >= 11 is 0. The molecule has 1 aromatic rings. The second kappa shape index (κ2) is 7.15. The zero-order chi connectivity index (χ0) is 13.9. The lowest BCUT2D eigenvalue weighted by Gasteiger charge is -2.33. The van der Waals surface area contributed by atoms with E-state index in [-0.39, 0.29) is 25.2 Å². The smallest absolute Gasteiger partial charge is 0.231 e. The fourth-order valence-electron chi connectivity index (χ4n) is 2.73. The van der Waals surface area contributed by atoms with Crippen LogP contribution in [-0.4, -0.2) is 51.7 Å². The van der Waals surface area contributed by atoms with Crippen molar-refractivity contribution in [3.8, 4) is 17.2 Å². The van der Waals surface area contributed by atoms with Crippen LogP contribution in [0, 0.1) is 0 Å². The molecular formula is C14H20ClFN2O3. The van der Waals surface area contributed by atoms with E-state index in [1.54, 1.807) is 7.11 Å². The van der Waals surface area contributed by atoms with Crippen LogP contribution in [0.25, 0.3) is 0 Å². The van der Waals surface area contributed by atoms with Gasteiger partial charge in [0.25, 0.3) is 0 Å². The molecule has 0 bridgehead atoms. The van der Waals surface area contributed by atoms with Crippen LogP contribution in [0.3, 0.4) is 0 Å². The minimum atomic E-state index is -0.428. The number of nitrogens with one attached hydrogen (secondary N) is 1. The van der Waals surface area contributed by atoms with E-state index in [0.29, 0.717) is 17.2 Å². The standard InChI is InChI=1S/C14H19FN2O3.ClH/c1-18-12-6-10(7-13-14(12)20-9-19-13)11(8-15)17-4-2-16-3-5-17;/h6-7,11,16H,2-5,8-9H2,1H3;1H/t11-;/m0./s1. The van der Waals surface area contributed by atoms with Crippen LogP contribution in [0.15, 0.2) is 12.1 Å². The van der Waals surface area contributed by atoms with Crippen LogP contribution < -0.4 is 19.5 Å². The summed E-state index contributed by atoms with van der Waals surface area (Å²) in [5.74, 6) is 1.84. The first-order chi connectivity index (χ1) is 9.83. The van der Waals surface area contributed by atoms with Gasteiger partial charge in [-0.05, 0) is 17.7 Å². The minimum absolute atomic E-state index is 0. The van der Waals surface area contributed by atoms with Gasteiger partial charge in [-0.3, -0.25) is 4.90 Å². The van der Waals surface area contributed by atoms with E-state index < -0.39 is 6.67 Å². The molecule has 2 heterocycles. The molecule has 7 heteroatoms. The molecule has 1 N–H and O–H groups in total. The predicted molar refractivity (Wildman–Crippen MR) is 79.5 cm³/mol. The first-order valence-corrected chi connectivity index (χ1v) is 6.81. The summed E-state index contributed by atoms with van der Waals surface area (Å²) in [6, 6.07) is 3.44. The number of alkyl halides is 1. The quantitative estimate of drug-likeness (QED) is 0.916. The van der Waals surface area contributed by atoms with E-state index in [2.05, 4.69) is 10.2 Å². The van der Waals surface area contributed by atoms with Crippen LogP contribution in [-0.2, 0) is 0 Å². The fourth-order valence-corrected chi connectivity index (χ4v) is 2.73. The molecule has 0 spiro atoms. The molecule has 1 atom stereocenters. The first kappa shape index (κ1) is 16.1. The summed E-state index contributed by atoms with van der Waals surface area (Å²) in [6.45, 7) is 3.21. The molecule has 1 fully saturated rings. The van der Waals surface area contributed by atoms with Crippen molar-refractivity contribution in [1.82, 2.24) is 10.2 Å². The van der Waals surface area contributed by atoms with Crippen molar-refractivity contribution in [1.29, 1.82) is 0 Å². The van der Waals surface area contributed by atoms with Crippen LogP contribution in [0.2, 0.25) is 0 Å². The lowest BCUT2D eigenvalue weighted by Crippen LogP contribution is -2.45. The van der Waals surface area contributed by atoms with Crippen molar-refractivity contribution in [3.05, 3.63) is 17.7 Å². The van der Waals surface area contributed by atoms with E-state index in [9.17, 15) is 4.39 Å². The highest BCUT2D eigenvalue weighted by atomic mass is 35.5. The van der Waals surface area contributed by atoms with Crippen LogP contribution >= 0.6 is 12.4 Å². The predicted octanol–water partition coefficient (Wildman–Crippen LogP) is 1.76. The highest BCUT2D eigenvalue weighted by Crippen LogP contribution is 2.43. The summed E-state index contributed by atoms with van der Waals surface area (Å²) in [4.78, 5) is 2.15. The lowest BCUT2D eigenvalue weighted by atomic mass is 10.0. The van der Waals surface area contributed by atoms with E-state index in [1.807, 2.05) is 12.1 Å². The Hall–Kier alpha value is -1.24. The number of fused-ring (bicyclic) bond motifs is 1. The van der Waals surface area contributed by atoms with E-state index in [0.717, 1.165) is 31.7 Å². The molecule has 0 saturated carbocycles. The van der Waals surface area contributed by atoms with Gasteiger partial charge >= 0.3 is 0 Å². The lowest BCUT2D eigenvalue weighted by molar-refractivity contribution is 0.147. The minimum Gasteiger partial charge on any atom is -0.493 e. The largest absolute Gasteiger partial charge is 0.493 e. The zero-order valence-corrected chi connectivity index (χ0v) is 12.7. The van der Waals surface area contributed by atoms with Gasteiger partial charge in [0.05, 0.1) is 13.2 Å². The number of hydrogen-bond donors (Lipinski definition) is 1. The third-order valence-electron chi connectivity index (χ3n) is 3.80. The number of methoxy groups -OCH3 is 1. The topological polar surface area (TPSA) is 43.0 Å². The molecule has 5 nitrogen and oxygen atoms in total. The summed E-state index contributed by atoms with van der Waals surface area (Å²) in [5.41, 5.74) is 0.871. The van der Waals surface area contributed by atoms with Gasteiger partial charge in [0.2, 0.25) is 12.5 Å². The third-order valence-corrected chi connectivity index (χ3v) is 3.80. The number of piperazine rings is 1. The van der Waals surface area contributed by atoms with E-state index in [4.69, 9.17) is 14.2 Å². The Morgan fingerprint density at radius 3 is 2.76 bits per heavy atom. The van der Waals surface area contributed by atoms with Gasteiger partial charge in [-0.25, -0.2) is 4.39 Å². The Bertz CT molecular complexity index is 484. The Balaban J connectivity index is 0.00000161. The highest BCUT2D eigenvalue weighted by Gasteiger charge is 2.27. The van der Waals surface area contributed by atoms with Crippen molar-refractivity contribution < 1.29 is 18.6 Å². The maximum absolute atomic E-state index is 13.5. The Morgan fingerprint density at radius 2 is 2.10 bits per heavy atom. The Kier molecular flexibility index (Phi) is 5.50. The summed E-state index contributed by atoms with van der Waals surface area (Å²) in [6.07, 6.45) is 0. The van der Waals surface area contributed by atoms with Crippen molar-refractivity contribution in [2.45, 2.75) is 6.04 Å². The summed E-state index contributed by atoms with van der Waals surface area (Å²) in [5, 5.41) is 3.28. The maximum Gasteiger partial charge on any atom is 0.231 e. The number of halogens is 2. The van der Waals surface area contributed by atoms with Gasteiger partial charge in [-0.1, -0.05) is 0 Å². The van der Waals surface area contributed by atoms with Gasteiger partial charge in [0.1, 0.15) is 6.67 Å². The molecule has 0 amide bonds. The zero-order valence-electron chi connectivity index (χ0n) is 11.9. The van der Waals surface area contributed by atoms with Crippen molar-refractivity contribution in [3.63, 3.8) is 0 Å². The Labute approximate surface area is 129 Å². The first-order valence-electron chi connectivity index (χ1n) is 6.81. The molecule has 2 aliphatic rings. The molecule has 1 aromatic carbocycles. The third kappa shape index (κ3) is 3.17. The van der Waals surface area contributed by atoms with Gasteiger partial charge < -0.3 is 19.5 Å². The monoisotopic (exact) mass is 318 g/mol. The van der Waals surface area contributed by atoms with Crippen LogP contribution in [0.4, 0.5) is 4.39 Å². The number of hydrogen-bond acceptors (Lipinski definition) is 5. The summed E-state index contributed by atoms with van der Waals surface area (Å²) in [7, 11) is 1.58. The van der Waals surface area contributed by atoms with Crippen molar-refractivity contribution >= 4 is 12.4 Å². The second-order valence-corrected chi connectivity index (χ2v) is 4.91. The van der Waals surface area contributed by atoms with Crippen LogP contribution in [0.5, 0.6) is 17.2 Å². The fraction of sp³-hybridized carbons (Fsp3) is 0.571. The van der Waals surface area contributed by atoms with Crippen LogP contribution in [0.1, 0.15) is 11.6 Å². The average molecular weight is 319 g/mol. The summed E-state index contributed by atoms with van der Waals surface area (Å²) < 4.78 is 29.6. The van der Waals surface area contributed by atoms with Gasteiger partial charge in [0, 0.05) is 26.2 Å². The second-order valence-electron chi connectivity index (χ2n) is 4.91. The molecule has 0 unspecified atom stereocenters. The van der Waals surface area contributed by atoms with E-state index >= 15 is 0 Å². The van der Waals surface area contributed by atoms with Gasteiger partial charge in [-0.2, -0.15) is 0 Å². The molecule has 1 saturated heterocycles. The maximum atomic E-state index is 13.5. The number of ether oxygens (including phenoxy) is 3. The molecule has 21 heavy (non-hydrogen) atoms. The number of benzene rings is 1. The molecular weight excluding hydrogens is 299 g/mol. The molecule has 2 aliphatic heterocycles. The number of nitrogens with zero attached hydrogens (tertiary/aromatic N) is 1. The molecule has 3 rings (SSSR count).